The molecule has 2 N–H and O–H groups in total. The Balaban J connectivity index is 2.60. The molecule has 0 aliphatic carbocycles. The second-order valence-electron chi connectivity index (χ2n) is 5.62. The Morgan fingerprint density at radius 2 is 2.06 bits per heavy atom. The maximum absolute atomic E-state index is 12.1. The summed E-state index contributed by atoms with van der Waals surface area (Å²) in [5, 5.41) is 0. The molecule has 0 spiro atoms. The standard InChI is InChI=1S/C12H26N2O2S/c1-10(2)5-7-17(15,16)14-6-4-11(3)12(8-13)9-14/h10-12H,4-9,13H2,1-3H3. The fourth-order valence-corrected chi connectivity index (χ4v) is 4.02. The van der Waals surface area contributed by atoms with Gasteiger partial charge in [0.25, 0.3) is 0 Å². The summed E-state index contributed by atoms with van der Waals surface area (Å²) in [7, 11) is -3.07. The summed E-state index contributed by atoms with van der Waals surface area (Å²) >= 11 is 0. The van der Waals surface area contributed by atoms with E-state index in [1.807, 2.05) is 0 Å². The van der Waals surface area contributed by atoms with Gasteiger partial charge in [0.15, 0.2) is 0 Å². The molecule has 2 unspecified atom stereocenters. The van der Waals surface area contributed by atoms with Crippen LogP contribution in [0.1, 0.15) is 33.6 Å². The lowest BCUT2D eigenvalue weighted by molar-refractivity contribution is 0.203. The summed E-state index contributed by atoms with van der Waals surface area (Å²) in [6.07, 6.45) is 1.67. The van der Waals surface area contributed by atoms with Crippen LogP contribution in [0.3, 0.4) is 0 Å². The fourth-order valence-electron chi connectivity index (χ4n) is 2.19. The van der Waals surface area contributed by atoms with Gasteiger partial charge in [-0.25, -0.2) is 12.7 Å². The van der Waals surface area contributed by atoms with Crippen molar-refractivity contribution in [3.8, 4) is 0 Å². The molecule has 0 bridgehead atoms. The molecule has 0 aromatic rings. The lowest BCUT2D eigenvalue weighted by atomic mass is 9.88. The highest BCUT2D eigenvalue weighted by atomic mass is 32.2. The van der Waals surface area contributed by atoms with Gasteiger partial charge in [0.2, 0.25) is 10.0 Å². The zero-order valence-electron chi connectivity index (χ0n) is 11.2. The summed E-state index contributed by atoms with van der Waals surface area (Å²) in [5.74, 6) is 1.56. The average molecular weight is 262 g/mol. The van der Waals surface area contributed by atoms with Crippen LogP contribution in [0, 0.1) is 17.8 Å². The number of nitrogens with two attached hydrogens (primary N) is 1. The lowest BCUT2D eigenvalue weighted by Gasteiger charge is -2.35. The number of piperidine rings is 1. The highest BCUT2D eigenvalue weighted by Crippen LogP contribution is 2.24. The van der Waals surface area contributed by atoms with Gasteiger partial charge in [-0.2, -0.15) is 0 Å². The Hall–Kier alpha value is -0.130. The van der Waals surface area contributed by atoms with Crippen molar-refractivity contribution < 1.29 is 8.42 Å². The second kappa shape index (κ2) is 6.16. The predicted octanol–water partition coefficient (Wildman–Crippen LogP) is 1.28. The predicted molar refractivity (Wildman–Crippen MR) is 71.1 cm³/mol. The molecule has 1 aliphatic heterocycles. The molecule has 2 atom stereocenters. The summed E-state index contributed by atoms with van der Waals surface area (Å²) < 4.78 is 25.9. The third-order valence-electron chi connectivity index (χ3n) is 3.73. The van der Waals surface area contributed by atoms with Crippen molar-refractivity contribution in [1.82, 2.24) is 4.31 Å². The molecule has 0 aromatic heterocycles. The van der Waals surface area contributed by atoms with Gasteiger partial charge in [0, 0.05) is 13.1 Å². The number of hydrogen-bond acceptors (Lipinski definition) is 3. The second-order valence-corrected chi connectivity index (χ2v) is 7.71. The lowest BCUT2D eigenvalue weighted by Crippen LogP contribution is -2.46. The minimum atomic E-state index is -3.07. The molecule has 5 heteroatoms. The van der Waals surface area contributed by atoms with E-state index in [2.05, 4.69) is 20.8 Å². The highest BCUT2D eigenvalue weighted by Gasteiger charge is 2.31. The third-order valence-corrected chi connectivity index (χ3v) is 5.60. The Morgan fingerprint density at radius 3 is 2.59 bits per heavy atom. The molecular weight excluding hydrogens is 236 g/mol. The smallest absolute Gasteiger partial charge is 0.214 e. The Bertz CT molecular complexity index is 327. The van der Waals surface area contributed by atoms with Gasteiger partial charge in [-0.15, -0.1) is 0 Å². The van der Waals surface area contributed by atoms with Crippen LogP contribution in [0.4, 0.5) is 0 Å². The van der Waals surface area contributed by atoms with Gasteiger partial charge < -0.3 is 5.73 Å². The van der Waals surface area contributed by atoms with Crippen LogP contribution in [0.2, 0.25) is 0 Å². The molecule has 0 radical (unpaired) electrons. The zero-order chi connectivity index (χ0) is 13.1. The summed E-state index contributed by atoms with van der Waals surface area (Å²) in [6, 6.07) is 0. The minimum absolute atomic E-state index is 0.274. The van der Waals surface area contributed by atoms with Crippen molar-refractivity contribution in [2.45, 2.75) is 33.6 Å². The molecule has 1 heterocycles. The Morgan fingerprint density at radius 1 is 1.41 bits per heavy atom. The first-order valence-electron chi connectivity index (χ1n) is 6.54. The summed E-state index contributed by atoms with van der Waals surface area (Å²) in [6.45, 7) is 8.12. The molecule has 0 saturated carbocycles. The maximum atomic E-state index is 12.1. The van der Waals surface area contributed by atoms with E-state index in [1.165, 1.54) is 0 Å². The van der Waals surface area contributed by atoms with Gasteiger partial charge in [0.1, 0.15) is 0 Å². The van der Waals surface area contributed by atoms with Gasteiger partial charge in [-0.05, 0) is 37.1 Å². The molecule has 1 fully saturated rings. The van der Waals surface area contributed by atoms with Gasteiger partial charge in [-0.1, -0.05) is 20.8 Å². The number of hydrogen-bond donors (Lipinski definition) is 1. The molecule has 17 heavy (non-hydrogen) atoms. The highest BCUT2D eigenvalue weighted by molar-refractivity contribution is 7.89. The van der Waals surface area contributed by atoms with Crippen LogP contribution in [-0.2, 0) is 10.0 Å². The van der Waals surface area contributed by atoms with Crippen LogP contribution in [0.25, 0.3) is 0 Å². The van der Waals surface area contributed by atoms with Gasteiger partial charge in [0.05, 0.1) is 5.75 Å². The molecule has 0 aromatic carbocycles. The van der Waals surface area contributed by atoms with E-state index in [1.54, 1.807) is 4.31 Å². The van der Waals surface area contributed by atoms with E-state index in [9.17, 15) is 8.42 Å². The quantitative estimate of drug-likeness (QED) is 0.812. The SMILES string of the molecule is CC(C)CCS(=O)(=O)N1CCC(C)C(CN)C1. The van der Waals surface area contributed by atoms with Crippen molar-refractivity contribution in [3.05, 3.63) is 0 Å². The molecule has 0 amide bonds. The maximum Gasteiger partial charge on any atom is 0.214 e. The van der Waals surface area contributed by atoms with Crippen LogP contribution in [0.5, 0.6) is 0 Å². The summed E-state index contributed by atoms with van der Waals surface area (Å²) in [5.41, 5.74) is 5.70. The number of sulfonamides is 1. The molecule has 1 aliphatic rings. The van der Waals surface area contributed by atoms with Crippen molar-refractivity contribution in [2.24, 2.45) is 23.5 Å². The van der Waals surface area contributed by atoms with Crippen molar-refractivity contribution in [3.63, 3.8) is 0 Å². The number of rotatable bonds is 5. The van der Waals surface area contributed by atoms with Crippen molar-refractivity contribution >= 4 is 10.0 Å². The molecule has 1 rings (SSSR count). The molecule has 102 valence electrons. The van der Waals surface area contributed by atoms with Crippen LogP contribution in [-0.4, -0.2) is 38.1 Å². The largest absolute Gasteiger partial charge is 0.330 e. The van der Waals surface area contributed by atoms with E-state index < -0.39 is 10.0 Å². The van der Waals surface area contributed by atoms with E-state index >= 15 is 0 Å². The van der Waals surface area contributed by atoms with Crippen molar-refractivity contribution in [1.29, 1.82) is 0 Å². The van der Waals surface area contributed by atoms with E-state index in [-0.39, 0.29) is 5.75 Å². The van der Waals surface area contributed by atoms with Crippen molar-refractivity contribution in [2.75, 3.05) is 25.4 Å². The molecular formula is C12H26N2O2S. The topological polar surface area (TPSA) is 63.4 Å². The molecule has 4 nitrogen and oxygen atoms in total. The Kier molecular flexibility index (Phi) is 5.41. The van der Waals surface area contributed by atoms with Crippen LogP contribution >= 0.6 is 0 Å². The monoisotopic (exact) mass is 262 g/mol. The first-order chi connectivity index (χ1) is 7.86. The first kappa shape index (κ1) is 14.9. The van der Waals surface area contributed by atoms with Crippen LogP contribution in [0.15, 0.2) is 0 Å². The first-order valence-corrected chi connectivity index (χ1v) is 8.15. The average Bonchev–Trinajstić information content (AvgIpc) is 2.27. The normalized spacial score (nSPS) is 27.6. The Labute approximate surface area is 106 Å². The van der Waals surface area contributed by atoms with E-state index in [0.29, 0.717) is 37.4 Å². The third kappa shape index (κ3) is 4.23. The van der Waals surface area contributed by atoms with E-state index in [0.717, 1.165) is 12.8 Å². The van der Waals surface area contributed by atoms with Gasteiger partial charge in [-0.3, -0.25) is 0 Å². The zero-order valence-corrected chi connectivity index (χ0v) is 12.0. The number of nitrogens with zero attached hydrogens (tertiary/aromatic N) is 1. The van der Waals surface area contributed by atoms with Gasteiger partial charge >= 0.3 is 0 Å². The minimum Gasteiger partial charge on any atom is -0.330 e. The molecule has 1 saturated heterocycles. The van der Waals surface area contributed by atoms with E-state index in [4.69, 9.17) is 5.73 Å². The van der Waals surface area contributed by atoms with Crippen LogP contribution < -0.4 is 5.73 Å². The fraction of sp³-hybridized carbons (Fsp3) is 1.00. The summed E-state index contributed by atoms with van der Waals surface area (Å²) in [4.78, 5) is 0.